The van der Waals surface area contributed by atoms with Crippen LogP contribution in [0.25, 0.3) is 22.4 Å². The summed E-state index contributed by atoms with van der Waals surface area (Å²) in [4.78, 5) is 21.4. The first kappa shape index (κ1) is 24.7. The Balaban J connectivity index is 0.000000451. The Bertz CT molecular complexity index is 1170. The number of alkyl halides is 3. The summed E-state index contributed by atoms with van der Waals surface area (Å²) in [5.74, 6) is -2.56. The number of hydrogen-bond acceptors (Lipinski definition) is 7. The van der Waals surface area contributed by atoms with Crippen molar-refractivity contribution in [3.8, 4) is 22.4 Å². The summed E-state index contributed by atoms with van der Waals surface area (Å²) >= 11 is 0. The number of anilines is 1. The molecule has 0 unspecified atom stereocenters. The van der Waals surface area contributed by atoms with Crippen LogP contribution in [0.5, 0.6) is 0 Å². The van der Waals surface area contributed by atoms with Gasteiger partial charge in [-0.2, -0.15) is 13.2 Å². The first-order valence-electron chi connectivity index (χ1n) is 8.89. The third-order valence-corrected chi connectivity index (χ3v) is 5.40. The molecule has 170 valence electrons. The Labute approximate surface area is 181 Å². The molecular formula is C19H18F3N5O4S. The van der Waals surface area contributed by atoms with Gasteiger partial charge in [0.1, 0.15) is 0 Å². The summed E-state index contributed by atoms with van der Waals surface area (Å²) < 4.78 is 59.0. The van der Waals surface area contributed by atoms with Crippen molar-refractivity contribution in [1.82, 2.24) is 19.7 Å². The number of aliphatic carboxylic acids is 1. The van der Waals surface area contributed by atoms with Crippen molar-refractivity contribution < 1.29 is 31.5 Å². The highest BCUT2D eigenvalue weighted by Crippen LogP contribution is 2.28. The number of sulfonamides is 1. The summed E-state index contributed by atoms with van der Waals surface area (Å²) in [6, 6.07) is 10.4. The van der Waals surface area contributed by atoms with Crippen molar-refractivity contribution in [3.63, 3.8) is 0 Å². The number of pyridine rings is 1. The Morgan fingerprint density at radius 2 is 1.59 bits per heavy atom. The average molecular weight is 469 g/mol. The van der Waals surface area contributed by atoms with Crippen LogP contribution >= 0.6 is 0 Å². The van der Waals surface area contributed by atoms with Crippen LogP contribution in [0.4, 0.5) is 19.1 Å². The molecule has 4 N–H and O–H groups in total. The fourth-order valence-corrected chi connectivity index (χ4v) is 3.67. The zero-order valence-electron chi connectivity index (χ0n) is 16.5. The summed E-state index contributed by atoms with van der Waals surface area (Å²) in [6.45, 7) is 2.07. The van der Waals surface area contributed by atoms with E-state index >= 15 is 0 Å². The monoisotopic (exact) mass is 469 g/mol. The van der Waals surface area contributed by atoms with E-state index in [1.165, 1.54) is 0 Å². The van der Waals surface area contributed by atoms with E-state index in [9.17, 15) is 21.6 Å². The van der Waals surface area contributed by atoms with Gasteiger partial charge in [0.05, 0.1) is 10.6 Å². The SMILES string of the molecule is CCNS(=O)(=O)c1ccccc1-c1ccc(-c2cnc(N)nc2)nc1.O=C(O)C(F)(F)F. The number of nitrogens with zero attached hydrogens (tertiary/aromatic N) is 3. The lowest BCUT2D eigenvalue weighted by molar-refractivity contribution is -0.192. The van der Waals surface area contributed by atoms with E-state index in [1.807, 2.05) is 6.07 Å². The standard InChI is InChI=1S/C17H17N5O2S.C2HF3O2/c1-2-22-25(23,24)16-6-4-3-5-14(16)12-7-8-15(19-9-12)13-10-20-17(18)21-11-13;3-2(4,5)1(6)7/h3-11,22H,2H2,1H3,(H2,18,20,21);(H,6,7). The molecule has 32 heavy (non-hydrogen) atoms. The first-order valence-corrected chi connectivity index (χ1v) is 10.4. The van der Waals surface area contributed by atoms with E-state index in [2.05, 4.69) is 19.7 Å². The van der Waals surface area contributed by atoms with Crippen LogP contribution in [0.1, 0.15) is 6.92 Å². The molecule has 0 aliphatic carbocycles. The van der Waals surface area contributed by atoms with Crippen LogP contribution in [-0.4, -0.2) is 47.2 Å². The minimum Gasteiger partial charge on any atom is -0.475 e. The van der Waals surface area contributed by atoms with Gasteiger partial charge >= 0.3 is 12.1 Å². The number of carbonyl (C=O) groups is 1. The Hall–Kier alpha value is -3.58. The molecule has 13 heteroatoms. The van der Waals surface area contributed by atoms with E-state index in [0.29, 0.717) is 23.4 Å². The zero-order valence-corrected chi connectivity index (χ0v) is 17.4. The second-order valence-corrected chi connectivity index (χ2v) is 7.80. The van der Waals surface area contributed by atoms with E-state index in [0.717, 1.165) is 5.56 Å². The normalized spacial score (nSPS) is 11.4. The number of nitrogens with two attached hydrogens (primary N) is 1. The highest BCUT2D eigenvalue weighted by atomic mass is 32.2. The Kier molecular flexibility index (Phi) is 7.83. The van der Waals surface area contributed by atoms with Gasteiger partial charge in [-0.05, 0) is 12.1 Å². The lowest BCUT2D eigenvalue weighted by Gasteiger charge is -2.11. The van der Waals surface area contributed by atoms with Gasteiger partial charge in [0.25, 0.3) is 0 Å². The molecule has 9 nitrogen and oxygen atoms in total. The van der Waals surface area contributed by atoms with Gasteiger partial charge in [0.2, 0.25) is 16.0 Å². The number of rotatable bonds is 5. The average Bonchev–Trinajstić information content (AvgIpc) is 2.74. The number of halogens is 3. The largest absolute Gasteiger partial charge is 0.490 e. The lowest BCUT2D eigenvalue weighted by Crippen LogP contribution is -2.23. The first-order chi connectivity index (χ1) is 15.0. The van der Waals surface area contributed by atoms with Gasteiger partial charge in [-0.15, -0.1) is 0 Å². The summed E-state index contributed by atoms with van der Waals surface area (Å²) in [7, 11) is -3.57. The van der Waals surface area contributed by atoms with E-state index in [-0.39, 0.29) is 10.8 Å². The molecule has 1 aromatic carbocycles. The third kappa shape index (κ3) is 6.46. The molecule has 3 aromatic rings. The number of benzene rings is 1. The lowest BCUT2D eigenvalue weighted by atomic mass is 10.1. The highest BCUT2D eigenvalue weighted by Gasteiger charge is 2.38. The van der Waals surface area contributed by atoms with Crippen molar-refractivity contribution in [3.05, 3.63) is 55.0 Å². The van der Waals surface area contributed by atoms with Gasteiger partial charge in [0, 0.05) is 41.8 Å². The van der Waals surface area contributed by atoms with Crippen LogP contribution in [0.15, 0.2) is 59.9 Å². The maximum absolute atomic E-state index is 12.4. The van der Waals surface area contributed by atoms with E-state index in [1.54, 1.807) is 55.8 Å². The molecule has 0 bridgehead atoms. The molecule has 0 aliphatic rings. The fraction of sp³-hybridized carbons (Fsp3) is 0.158. The summed E-state index contributed by atoms with van der Waals surface area (Å²) in [6.07, 6.45) is -0.270. The van der Waals surface area contributed by atoms with Crippen molar-refractivity contribution in [2.24, 2.45) is 0 Å². The van der Waals surface area contributed by atoms with Gasteiger partial charge in [0.15, 0.2) is 0 Å². The summed E-state index contributed by atoms with van der Waals surface area (Å²) in [5, 5.41) is 7.12. The predicted octanol–water partition coefficient (Wildman–Crippen LogP) is 2.72. The molecule has 0 aliphatic heterocycles. The smallest absolute Gasteiger partial charge is 0.475 e. The van der Waals surface area contributed by atoms with E-state index < -0.39 is 22.2 Å². The van der Waals surface area contributed by atoms with Gasteiger partial charge in [-0.1, -0.05) is 31.2 Å². The van der Waals surface area contributed by atoms with Crippen molar-refractivity contribution >= 4 is 21.9 Å². The van der Waals surface area contributed by atoms with Crippen LogP contribution in [0, 0.1) is 0 Å². The zero-order chi connectivity index (χ0) is 23.9. The number of aromatic nitrogens is 3. The van der Waals surface area contributed by atoms with Crippen LogP contribution in [0.3, 0.4) is 0 Å². The van der Waals surface area contributed by atoms with E-state index in [4.69, 9.17) is 15.6 Å². The second-order valence-electron chi connectivity index (χ2n) is 6.06. The highest BCUT2D eigenvalue weighted by molar-refractivity contribution is 7.89. The predicted molar refractivity (Wildman–Crippen MR) is 110 cm³/mol. The summed E-state index contributed by atoms with van der Waals surface area (Å²) in [5.41, 5.74) is 8.19. The molecule has 0 saturated carbocycles. The number of hydrogen-bond donors (Lipinski definition) is 3. The maximum atomic E-state index is 12.4. The minimum absolute atomic E-state index is 0.197. The minimum atomic E-state index is -5.08. The van der Waals surface area contributed by atoms with Crippen LogP contribution < -0.4 is 10.5 Å². The number of nitrogen functional groups attached to an aromatic ring is 1. The van der Waals surface area contributed by atoms with Crippen molar-refractivity contribution in [2.75, 3.05) is 12.3 Å². The number of carboxylic acid groups (broad SMARTS) is 1. The molecule has 0 fully saturated rings. The van der Waals surface area contributed by atoms with Crippen LogP contribution in [-0.2, 0) is 14.8 Å². The fourth-order valence-electron chi connectivity index (χ4n) is 2.40. The molecule has 2 heterocycles. The van der Waals surface area contributed by atoms with Gasteiger partial charge < -0.3 is 10.8 Å². The topological polar surface area (TPSA) is 148 Å². The Morgan fingerprint density at radius 1 is 1.03 bits per heavy atom. The second kappa shape index (κ2) is 10.2. The molecule has 0 atom stereocenters. The van der Waals surface area contributed by atoms with Gasteiger partial charge in [-0.3, -0.25) is 4.98 Å². The Morgan fingerprint density at radius 3 is 2.09 bits per heavy atom. The van der Waals surface area contributed by atoms with Crippen molar-refractivity contribution in [1.29, 1.82) is 0 Å². The number of nitrogens with one attached hydrogen (secondary N) is 1. The molecule has 0 radical (unpaired) electrons. The van der Waals surface area contributed by atoms with Gasteiger partial charge in [-0.25, -0.2) is 27.9 Å². The van der Waals surface area contributed by atoms with Crippen LogP contribution in [0.2, 0.25) is 0 Å². The maximum Gasteiger partial charge on any atom is 0.490 e. The number of carboxylic acids is 1. The molecule has 0 spiro atoms. The molecule has 0 saturated heterocycles. The molecule has 3 rings (SSSR count). The molecule has 0 amide bonds. The molecular weight excluding hydrogens is 451 g/mol. The quantitative estimate of drug-likeness (QED) is 0.517. The van der Waals surface area contributed by atoms with Crippen molar-refractivity contribution in [2.45, 2.75) is 18.0 Å². The third-order valence-electron chi connectivity index (χ3n) is 3.80. The molecule has 2 aromatic heterocycles.